The highest BCUT2D eigenvalue weighted by Crippen LogP contribution is 2.18. The van der Waals surface area contributed by atoms with Gasteiger partial charge in [0.25, 0.3) is 5.56 Å². The average Bonchev–Trinajstić information content (AvgIpc) is 2.65. The molecular formula is C20H18FN3O2. The van der Waals surface area contributed by atoms with Crippen LogP contribution in [0.2, 0.25) is 0 Å². The maximum absolute atomic E-state index is 13.9. The quantitative estimate of drug-likeness (QED) is 0.710. The minimum atomic E-state index is -0.433. The second-order valence-electron chi connectivity index (χ2n) is 5.93. The first-order valence-corrected chi connectivity index (χ1v) is 8.15. The van der Waals surface area contributed by atoms with E-state index in [0.717, 1.165) is 10.2 Å². The van der Waals surface area contributed by atoms with Crippen molar-refractivity contribution < 1.29 is 9.18 Å². The Bertz CT molecular complexity index is 970. The van der Waals surface area contributed by atoms with E-state index in [1.807, 2.05) is 30.3 Å². The van der Waals surface area contributed by atoms with Gasteiger partial charge < -0.3 is 4.90 Å². The van der Waals surface area contributed by atoms with E-state index in [1.54, 1.807) is 25.2 Å². The summed E-state index contributed by atoms with van der Waals surface area (Å²) in [6, 6.07) is 18.5. The number of carbonyl (C=O) groups excluding carboxylic acids is 1. The van der Waals surface area contributed by atoms with Crippen LogP contribution in [0.4, 0.5) is 4.39 Å². The van der Waals surface area contributed by atoms with Gasteiger partial charge in [-0.25, -0.2) is 9.07 Å². The maximum atomic E-state index is 13.9. The van der Waals surface area contributed by atoms with Crippen molar-refractivity contribution >= 4 is 5.91 Å². The van der Waals surface area contributed by atoms with Crippen molar-refractivity contribution in [2.75, 3.05) is 7.05 Å². The van der Waals surface area contributed by atoms with Crippen LogP contribution in [-0.2, 0) is 17.9 Å². The lowest BCUT2D eigenvalue weighted by Crippen LogP contribution is -2.34. The molecule has 0 saturated carbocycles. The molecule has 0 spiro atoms. The Morgan fingerprint density at radius 1 is 1.04 bits per heavy atom. The fourth-order valence-electron chi connectivity index (χ4n) is 2.57. The number of likely N-dealkylation sites (N-methyl/N-ethyl adjacent to an activating group) is 1. The van der Waals surface area contributed by atoms with Crippen molar-refractivity contribution in [2.24, 2.45) is 0 Å². The van der Waals surface area contributed by atoms with Gasteiger partial charge in [0, 0.05) is 25.2 Å². The van der Waals surface area contributed by atoms with Crippen LogP contribution in [0, 0.1) is 5.82 Å². The predicted molar refractivity (Wildman–Crippen MR) is 96.8 cm³/mol. The fourth-order valence-corrected chi connectivity index (χ4v) is 2.57. The maximum Gasteiger partial charge on any atom is 0.267 e. The third kappa shape index (κ3) is 4.03. The molecule has 0 N–H and O–H groups in total. The summed E-state index contributed by atoms with van der Waals surface area (Å²) in [5.74, 6) is -0.688. The van der Waals surface area contributed by atoms with E-state index in [9.17, 15) is 14.0 Å². The minimum Gasteiger partial charge on any atom is -0.340 e. The zero-order valence-corrected chi connectivity index (χ0v) is 14.3. The molecule has 0 aliphatic carbocycles. The monoisotopic (exact) mass is 351 g/mol. The molecule has 1 aromatic heterocycles. The summed E-state index contributed by atoms with van der Waals surface area (Å²) in [6.07, 6.45) is 0. The van der Waals surface area contributed by atoms with Crippen LogP contribution >= 0.6 is 0 Å². The lowest BCUT2D eigenvalue weighted by atomic mass is 10.1. The summed E-state index contributed by atoms with van der Waals surface area (Å²) in [5.41, 5.74) is 1.17. The topological polar surface area (TPSA) is 55.2 Å². The van der Waals surface area contributed by atoms with Crippen LogP contribution in [0.25, 0.3) is 11.3 Å². The summed E-state index contributed by atoms with van der Waals surface area (Å²) in [5, 5.41) is 4.15. The van der Waals surface area contributed by atoms with E-state index in [0.29, 0.717) is 12.2 Å². The van der Waals surface area contributed by atoms with Crippen LogP contribution < -0.4 is 5.56 Å². The van der Waals surface area contributed by atoms with Gasteiger partial charge in [-0.2, -0.15) is 5.10 Å². The first-order chi connectivity index (χ1) is 12.5. The molecular weight excluding hydrogens is 333 g/mol. The number of aromatic nitrogens is 2. The molecule has 0 unspecified atom stereocenters. The number of carbonyl (C=O) groups is 1. The van der Waals surface area contributed by atoms with E-state index >= 15 is 0 Å². The number of amides is 1. The predicted octanol–water partition coefficient (Wildman–Crippen LogP) is 2.71. The zero-order valence-electron chi connectivity index (χ0n) is 14.3. The average molecular weight is 351 g/mol. The van der Waals surface area contributed by atoms with Crippen LogP contribution in [0.3, 0.4) is 0 Å². The van der Waals surface area contributed by atoms with Gasteiger partial charge in [-0.3, -0.25) is 9.59 Å². The van der Waals surface area contributed by atoms with Crippen LogP contribution in [0.1, 0.15) is 5.56 Å². The smallest absolute Gasteiger partial charge is 0.267 e. The standard InChI is InChI=1S/C20H18FN3O2/c1-23(13-15-7-3-2-4-8-15)20(26)14-24-19(25)12-11-18(22-24)16-9-5-6-10-17(16)21/h2-12H,13-14H2,1H3. The van der Waals surface area contributed by atoms with Gasteiger partial charge >= 0.3 is 0 Å². The molecule has 3 rings (SSSR count). The molecule has 0 saturated heterocycles. The summed E-state index contributed by atoms with van der Waals surface area (Å²) < 4.78 is 15.0. The molecule has 3 aromatic rings. The third-order valence-electron chi connectivity index (χ3n) is 3.99. The van der Waals surface area contributed by atoms with Crippen LogP contribution in [0.15, 0.2) is 71.5 Å². The van der Waals surface area contributed by atoms with E-state index in [-0.39, 0.29) is 18.0 Å². The number of rotatable bonds is 5. The number of hydrogen-bond donors (Lipinski definition) is 0. The Morgan fingerprint density at radius 2 is 1.73 bits per heavy atom. The van der Waals surface area contributed by atoms with Gasteiger partial charge in [-0.05, 0) is 23.8 Å². The van der Waals surface area contributed by atoms with Crippen molar-refractivity contribution in [3.8, 4) is 11.3 Å². The summed E-state index contributed by atoms with van der Waals surface area (Å²) in [7, 11) is 1.67. The van der Waals surface area contributed by atoms with Crippen molar-refractivity contribution in [1.29, 1.82) is 0 Å². The summed E-state index contributed by atoms with van der Waals surface area (Å²) >= 11 is 0. The second kappa shape index (κ2) is 7.74. The Kier molecular flexibility index (Phi) is 5.22. The molecule has 0 aliphatic heterocycles. The number of halogens is 1. The lowest BCUT2D eigenvalue weighted by Gasteiger charge is -2.17. The molecule has 0 radical (unpaired) electrons. The van der Waals surface area contributed by atoms with Gasteiger partial charge in [-0.1, -0.05) is 42.5 Å². The SMILES string of the molecule is CN(Cc1ccccc1)C(=O)Cn1nc(-c2ccccc2F)ccc1=O. The third-order valence-corrected chi connectivity index (χ3v) is 3.99. The minimum absolute atomic E-state index is 0.204. The van der Waals surface area contributed by atoms with Gasteiger partial charge in [0.1, 0.15) is 12.4 Å². The van der Waals surface area contributed by atoms with Crippen molar-refractivity contribution in [1.82, 2.24) is 14.7 Å². The molecule has 2 aromatic carbocycles. The molecule has 1 heterocycles. The lowest BCUT2D eigenvalue weighted by molar-refractivity contribution is -0.131. The molecule has 0 bridgehead atoms. The first-order valence-electron chi connectivity index (χ1n) is 8.15. The molecule has 26 heavy (non-hydrogen) atoms. The molecule has 0 atom stereocenters. The molecule has 132 valence electrons. The van der Waals surface area contributed by atoms with Gasteiger partial charge in [0.2, 0.25) is 5.91 Å². The normalized spacial score (nSPS) is 10.5. The van der Waals surface area contributed by atoms with Crippen molar-refractivity contribution in [3.05, 3.63) is 88.5 Å². The number of benzene rings is 2. The van der Waals surface area contributed by atoms with Gasteiger partial charge in [0.15, 0.2) is 0 Å². The zero-order chi connectivity index (χ0) is 18.5. The number of nitrogens with zero attached hydrogens (tertiary/aromatic N) is 3. The van der Waals surface area contributed by atoms with E-state index in [1.165, 1.54) is 23.1 Å². The molecule has 0 fully saturated rings. The van der Waals surface area contributed by atoms with E-state index in [2.05, 4.69) is 5.10 Å². The Morgan fingerprint density at radius 3 is 2.46 bits per heavy atom. The highest BCUT2D eigenvalue weighted by atomic mass is 19.1. The van der Waals surface area contributed by atoms with Crippen LogP contribution in [0.5, 0.6) is 0 Å². The Labute approximate surface area is 150 Å². The Balaban J connectivity index is 1.79. The Hall–Kier alpha value is -3.28. The molecule has 5 nitrogen and oxygen atoms in total. The van der Waals surface area contributed by atoms with Crippen LogP contribution in [-0.4, -0.2) is 27.6 Å². The van der Waals surface area contributed by atoms with Gasteiger partial charge in [-0.15, -0.1) is 0 Å². The number of hydrogen-bond acceptors (Lipinski definition) is 3. The largest absolute Gasteiger partial charge is 0.340 e. The highest BCUT2D eigenvalue weighted by molar-refractivity contribution is 5.75. The summed E-state index contributed by atoms with van der Waals surface area (Å²) in [4.78, 5) is 26.0. The second-order valence-corrected chi connectivity index (χ2v) is 5.93. The van der Waals surface area contributed by atoms with E-state index < -0.39 is 11.4 Å². The summed E-state index contributed by atoms with van der Waals surface area (Å²) in [6.45, 7) is 0.228. The van der Waals surface area contributed by atoms with Gasteiger partial charge in [0.05, 0.1) is 5.69 Å². The first kappa shape index (κ1) is 17.5. The molecule has 0 aliphatic rings. The molecule has 1 amide bonds. The molecule has 6 heteroatoms. The highest BCUT2D eigenvalue weighted by Gasteiger charge is 2.13. The van der Waals surface area contributed by atoms with Crippen molar-refractivity contribution in [3.63, 3.8) is 0 Å². The van der Waals surface area contributed by atoms with E-state index in [4.69, 9.17) is 0 Å². The fraction of sp³-hybridized carbons (Fsp3) is 0.150. The van der Waals surface area contributed by atoms with Crippen molar-refractivity contribution in [2.45, 2.75) is 13.1 Å².